The summed E-state index contributed by atoms with van der Waals surface area (Å²) in [5.74, 6) is 0.165. The van der Waals surface area contributed by atoms with Gasteiger partial charge < -0.3 is 14.8 Å². The molecule has 0 saturated carbocycles. The van der Waals surface area contributed by atoms with Crippen LogP contribution in [0.4, 0.5) is 4.39 Å². The van der Waals surface area contributed by atoms with Gasteiger partial charge in [-0.05, 0) is 31.9 Å². The Bertz CT molecular complexity index is 394. The van der Waals surface area contributed by atoms with Crippen molar-refractivity contribution in [2.75, 3.05) is 33.4 Å². The molecule has 4 heteroatoms. The van der Waals surface area contributed by atoms with Crippen molar-refractivity contribution in [1.29, 1.82) is 0 Å². The van der Waals surface area contributed by atoms with Crippen molar-refractivity contribution in [1.82, 2.24) is 5.32 Å². The second-order valence-corrected chi connectivity index (χ2v) is 5.27. The highest BCUT2D eigenvalue weighted by atomic mass is 19.1. The van der Waals surface area contributed by atoms with Gasteiger partial charge in [0.15, 0.2) is 0 Å². The lowest BCUT2D eigenvalue weighted by atomic mass is 9.89. The van der Waals surface area contributed by atoms with E-state index in [0.29, 0.717) is 24.7 Å². The van der Waals surface area contributed by atoms with E-state index in [0.717, 1.165) is 32.4 Å². The van der Waals surface area contributed by atoms with Crippen molar-refractivity contribution in [3.63, 3.8) is 0 Å². The molecule has 3 nitrogen and oxygen atoms in total. The normalized spacial score (nSPS) is 20.8. The maximum absolute atomic E-state index is 14.0. The molecule has 20 heavy (non-hydrogen) atoms. The Morgan fingerprint density at radius 3 is 2.90 bits per heavy atom. The van der Waals surface area contributed by atoms with Gasteiger partial charge in [0.1, 0.15) is 5.82 Å². The van der Waals surface area contributed by atoms with Crippen LogP contribution in [0.1, 0.15) is 30.9 Å². The van der Waals surface area contributed by atoms with Gasteiger partial charge in [-0.2, -0.15) is 0 Å². The van der Waals surface area contributed by atoms with Crippen molar-refractivity contribution in [2.45, 2.75) is 25.4 Å². The molecule has 1 N–H and O–H groups in total. The van der Waals surface area contributed by atoms with Crippen molar-refractivity contribution >= 4 is 0 Å². The minimum absolute atomic E-state index is 0.166. The topological polar surface area (TPSA) is 30.5 Å². The van der Waals surface area contributed by atoms with Gasteiger partial charge in [-0.15, -0.1) is 0 Å². The SMILES string of the molecule is COCCCOC(c1ccccc1F)[C@@H]1CCCNC1. The number of halogens is 1. The third kappa shape index (κ3) is 4.27. The molecule has 0 bridgehead atoms. The summed E-state index contributed by atoms with van der Waals surface area (Å²) in [5.41, 5.74) is 0.679. The highest BCUT2D eigenvalue weighted by Gasteiger charge is 2.27. The number of benzene rings is 1. The average Bonchev–Trinajstić information content (AvgIpc) is 2.49. The molecule has 1 saturated heterocycles. The van der Waals surface area contributed by atoms with E-state index in [1.54, 1.807) is 13.2 Å². The quantitative estimate of drug-likeness (QED) is 0.780. The average molecular weight is 281 g/mol. The van der Waals surface area contributed by atoms with Gasteiger partial charge in [0, 0.05) is 38.3 Å². The highest BCUT2D eigenvalue weighted by molar-refractivity contribution is 5.21. The fourth-order valence-corrected chi connectivity index (χ4v) is 2.74. The van der Waals surface area contributed by atoms with E-state index >= 15 is 0 Å². The molecule has 1 fully saturated rings. The molecule has 1 unspecified atom stereocenters. The lowest BCUT2D eigenvalue weighted by Gasteiger charge is -2.31. The van der Waals surface area contributed by atoms with Gasteiger partial charge in [-0.3, -0.25) is 0 Å². The second kappa shape index (κ2) is 8.35. The lowest BCUT2D eigenvalue weighted by molar-refractivity contribution is -0.00697. The first-order chi connectivity index (χ1) is 9.83. The van der Waals surface area contributed by atoms with Crippen LogP contribution in [0.3, 0.4) is 0 Å². The van der Waals surface area contributed by atoms with Crippen molar-refractivity contribution in [3.05, 3.63) is 35.6 Å². The first-order valence-corrected chi connectivity index (χ1v) is 7.38. The molecule has 1 aromatic carbocycles. The number of ether oxygens (including phenoxy) is 2. The van der Waals surface area contributed by atoms with Crippen LogP contribution in [0.15, 0.2) is 24.3 Å². The smallest absolute Gasteiger partial charge is 0.129 e. The van der Waals surface area contributed by atoms with Crippen molar-refractivity contribution in [3.8, 4) is 0 Å². The third-order valence-electron chi connectivity index (χ3n) is 3.77. The van der Waals surface area contributed by atoms with E-state index in [1.165, 1.54) is 6.07 Å². The van der Waals surface area contributed by atoms with Gasteiger partial charge in [-0.1, -0.05) is 18.2 Å². The van der Waals surface area contributed by atoms with E-state index in [-0.39, 0.29) is 11.9 Å². The van der Waals surface area contributed by atoms with Crippen LogP contribution in [0.25, 0.3) is 0 Å². The highest BCUT2D eigenvalue weighted by Crippen LogP contribution is 2.32. The minimum atomic E-state index is -0.171. The molecule has 0 aromatic heterocycles. The lowest BCUT2D eigenvalue weighted by Crippen LogP contribution is -2.34. The predicted octanol–water partition coefficient (Wildman–Crippen LogP) is 2.92. The Kier molecular flexibility index (Phi) is 6.43. The van der Waals surface area contributed by atoms with Crippen LogP contribution in [-0.2, 0) is 9.47 Å². The second-order valence-electron chi connectivity index (χ2n) is 5.27. The molecule has 1 heterocycles. The van der Waals surface area contributed by atoms with E-state index in [1.807, 2.05) is 12.1 Å². The summed E-state index contributed by atoms with van der Waals surface area (Å²) in [6, 6.07) is 6.95. The number of methoxy groups -OCH3 is 1. The first-order valence-electron chi connectivity index (χ1n) is 7.38. The van der Waals surface area contributed by atoms with Crippen LogP contribution >= 0.6 is 0 Å². The zero-order valence-electron chi connectivity index (χ0n) is 12.1. The maximum Gasteiger partial charge on any atom is 0.129 e. The molecule has 1 aliphatic heterocycles. The van der Waals surface area contributed by atoms with Crippen LogP contribution in [-0.4, -0.2) is 33.4 Å². The summed E-state index contributed by atoms with van der Waals surface area (Å²) in [7, 11) is 1.68. The van der Waals surface area contributed by atoms with Crippen molar-refractivity contribution < 1.29 is 13.9 Å². The fourth-order valence-electron chi connectivity index (χ4n) is 2.74. The number of hydrogen-bond donors (Lipinski definition) is 1. The summed E-state index contributed by atoms with van der Waals surface area (Å²) in [5, 5.41) is 3.38. The number of nitrogens with one attached hydrogen (secondary N) is 1. The summed E-state index contributed by atoms with van der Waals surface area (Å²) in [6.45, 7) is 3.21. The van der Waals surface area contributed by atoms with E-state index in [2.05, 4.69) is 5.32 Å². The molecule has 0 amide bonds. The minimum Gasteiger partial charge on any atom is -0.385 e. The Balaban J connectivity index is 2.04. The van der Waals surface area contributed by atoms with Gasteiger partial charge >= 0.3 is 0 Å². The monoisotopic (exact) mass is 281 g/mol. The van der Waals surface area contributed by atoms with Gasteiger partial charge in [-0.25, -0.2) is 4.39 Å². The van der Waals surface area contributed by atoms with Gasteiger partial charge in [0.25, 0.3) is 0 Å². The molecule has 1 aromatic rings. The van der Waals surface area contributed by atoms with E-state index < -0.39 is 0 Å². The largest absolute Gasteiger partial charge is 0.385 e. The van der Waals surface area contributed by atoms with Crippen LogP contribution in [0.5, 0.6) is 0 Å². The Labute approximate surface area is 120 Å². The zero-order chi connectivity index (χ0) is 14.2. The molecule has 112 valence electrons. The van der Waals surface area contributed by atoms with Crippen LogP contribution < -0.4 is 5.32 Å². The number of hydrogen-bond acceptors (Lipinski definition) is 3. The third-order valence-corrected chi connectivity index (χ3v) is 3.77. The first kappa shape index (κ1) is 15.4. The molecule has 0 aliphatic carbocycles. The molecular weight excluding hydrogens is 257 g/mol. The molecule has 0 spiro atoms. The Hall–Kier alpha value is -0.970. The fraction of sp³-hybridized carbons (Fsp3) is 0.625. The molecule has 1 aliphatic rings. The molecule has 2 atom stereocenters. The maximum atomic E-state index is 14.0. The predicted molar refractivity (Wildman–Crippen MR) is 77.2 cm³/mol. The number of piperidine rings is 1. The molecule has 0 radical (unpaired) electrons. The summed E-state index contributed by atoms with van der Waals surface area (Å²) < 4.78 is 25.1. The van der Waals surface area contributed by atoms with Gasteiger partial charge in [0.2, 0.25) is 0 Å². The van der Waals surface area contributed by atoms with Crippen LogP contribution in [0.2, 0.25) is 0 Å². The van der Waals surface area contributed by atoms with Crippen LogP contribution in [0, 0.1) is 11.7 Å². The Morgan fingerprint density at radius 1 is 1.35 bits per heavy atom. The summed E-state index contributed by atoms with van der Waals surface area (Å²) in [4.78, 5) is 0. The standard InChI is InChI=1S/C16H24FNO2/c1-19-10-5-11-20-16(13-6-4-9-18-12-13)14-7-2-3-8-15(14)17/h2-3,7-8,13,16,18H,4-6,9-12H2,1H3/t13-,16?/m1/s1. The molecule has 2 rings (SSSR count). The summed E-state index contributed by atoms with van der Waals surface area (Å²) in [6.07, 6.45) is 2.87. The van der Waals surface area contributed by atoms with E-state index in [4.69, 9.17) is 9.47 Å². The zero-order valence-corrected chi connectivity index (χ0v) is 12.1. The van der Waals surface area contributed by atoms with E-state index in [9.17, 15) is 4.39 Å². The van der Waals surface area contributed by atoms with Gasteiger partial charge in [0.05, 0.1) is 6.10 Å². The molecular formula is C16H24FNO2. The summed E-state index contributed by atoms with van der Waals surface area (Å²) >= 11 is 0. The Morgan fingerprint density at radius 2 is 2.20 bits per heavy atom. The number of rotatable bonds is 7. The van der Waals surface area contributed by atoms with Crippen molar-refractivity contribution in [2.24, 2.45) is 5.92 Å².